The lowest BCUT2D eigenvalue weighted by Crippen LogP contribution is -2.29. The molecular weight excluding hydrogens is 214 g/mol. The van der Waals surface area contributed by atoms with Crippen molar-refractivity contribution < 1.29 is 9.84 Å². The Labute approximate surface area is 103 Å². The normalized spacial score (nSPS) is 13.8. The summed E-state index contributed by atoms with van der Waals surface area (Å²) in [5.74, 6) is 3.25. The maximum absolute atomic E-state index is 10.1. The molecule has 1 rings (SSSR count). The Bertz CT molecular complexity index is 409. The first kappa shape index (κ1) is 13.6. The van der Waals surface area contributed by atoms with E-state index in [2.05, 4.69) is 11.2 Å². The van der Waals surface area contributed by atoms with Crippen molar-refractivity contribution >= 4 is 0 Å². The molecule has 2 atom stereocenters. The van der Waals surface area contributed by atoms with Gasteiger partial charge in [0.2, 0.25) is 0 Å². The summed E-state index contributed by atoms with van der Waals surface area (Å²) in [6, 6.07) is 5.68. The van der Waals surface area contributed by atoms with E-state index < -0.39 is 6.10 Å². The molecule has 0 spiro atoms. The highest BCUT2D eigenvalue weighted by Gasteiger charge is 2.13. The van der Waals surface area contributed by atoms with Crippen LogP contribution in [0.15, 0.2) is 18.2 Å². The second-order valence-corrected chi connectivity index (χ2v) is 4.06. The molecule has 0 saturated heterocycles. The first-order chi connectivity index (χ1) is 8.08. The molecule has 3 heteroatoms. The predicted molar refractivity (Wildman–Crippen MR) is 69.0 cm³/mol. The quantitative estimate of drug-likeness (QED) is 0.760. The molecule has 0 aliphatic heterocycles. The van der Waals surface area contributed by atoms with Crippen molar-refractivity contribution in [2.75, 3.05) is 13.7 Å². The number of hydrogen-bond donors (Lipinski definition) is 2. The lowest BCUT2D eigenvalue weighted by Gasteiger charge is -2.17. The Morgan fingerprint density at radius 2 is 2.24 bits per heavy atom. The van der Waals surface area contributed by atoms with Crippen LogP contribution in [0.25, 0.3) is 0 Å². The van der Waals surface area contributed by atoms with Crippen molar-refractivity contribution in [3.05, 3.63) is 29.3 Å². The van der Waals surface area contributed by atoms with Gasteiger partial charge < -0.3 is 15.2 Å². The van der Waals surface area contributed by atoms with E-state index >= 15 is 0 Å². The minimum Gasteiger partial charge on any atom is -0.496 e. The highest BCUT2D eigenvalue weighted by molar-refractivity contribution is 5.38. The molecule has 0 saturated carbocycles. The van der Waals surface area contributed by atoms with Gasteiger partial charge in [0.15, 0.2) is 0 Å². The van der Waals surface area contributed by atoms with E-state index in [4.69, 9.17) is 11.2 Å². The van der Waals surface area contributed by atoms with Crippen molar-refractivity contribution in [1.29, 1.82) is 0 Å². The minimum atomic E-state index is -0.624. The number of aryl methyl sites for hydroxylation is 1. The molecule has 1 aromatic rings. The van der Waals surface area contributed by atoms with Crippen molar-refractivity contribution in [3.8, 4) is 18.1 Å². The monoisotopic (exact) mass is 233 g/mol. The predicted octanol–water partition coefficient (Wildman–Crippen LogP) is 1.65. The molecule has 0 aromatic heterocycles. The van der Waals surface area contributed by atoms with Crippen LogP contribution in [0.5, 0.6) is 5.75 Å². The highest BCUT2D eigenvalue weighted by Crippen LogP contribution is 2.25. The summed E-state index contributed by atoms with van der Waals surface area (Å²) >= 11 is 0. The fraction of sp³-hybridized carbons (Fsp3) is 0.429. The zero-order chi connectivity index (χ0) is 12.8. The summed E-state index contributed by atoms with van der Waals surface area (Å²) in [5.41, 5.74) is 1.87. The van der Waals surface area contributed by atoms with E-state index in [0.29, 0.717) is 12.3 Å². The molecule has 0 aliphatic rings. The molecule has 0 fully saturated rings. The maximum Gasteiger partial charge on any atom is 0.124 e. The summed E-state index contributed by atoms with van der Waals surface area (Å²) in [5, 5.41) is 13.1. The Morgan fingerprint density at radius 1 is 1.53 bits per heavy atom. The van der Waals surface area contributed by atoms with Crippen molar-refractivity contribution in [3.63, 3.8) is 0 Å². The molecule has 1 aromatic carbocycles. The van der Waals surface area contributed by atoms with Gasteiger partial charge in [-0.1, -0.05) is 17.6 Å². The first-order valence-electron chi connectivity index (χ1n) is 5.60. The van der Waals surface area contributed by atoms with Gasteiger partial charge in [-0.05, 0) is 26.0 Å². The van der Waals surface area contributed by atoms with Crippen LogP contribution in [-0.4, -0.2) is 24.8 Å². The fourth-order valence-electron chi connectivity index (χ4n) is 1.57. The van der Waals surface area contributed by atoms with Crippen LogP contribution in [0, 0.1) is 19.3 Å². The Hall–Kier alpha value is -1.50. The molecule has 2 unspecified atom stereocenters. The van der Waals surface area contributed by atoms with E-state index in [1.54, 1.807) is 7.11 Å². The standard InChI is InChI=1S/C14H19NO2/c1-5-11(3)15-9-13(16)12-8-10(2)6-7-14(12)17-4/h1,6-8,11,13,15-16H,9H2,2-4H3. The third kappa shape index (κ3) is 3.77. The van der Waals surface area contributed by atoms with Gasteiger partial charge >= 0.3 is 0 Å². The maximum atomic E-state index is 10.1. The van der Waals surface area contributed by atoms with Gasteiger partial charge in [-0.3, -0.25) is 0 Å². The second kappa shape index (κ2) is 6.29. The van der Waals surface area contributed by atoms with Crippen molar-refractivity contribution in [2.45, 2.75) is 26.0 Å². The van der Waals surface area contributed by atoms with Crippen molar-refractivity contribution in [2.24, 2.45) is 0 Å². The Morgan fingerprint density at radius 3 is 2.82 bits per heavy atom. The third-order valence-electron chi connectivity index (χ3n) is 2.61. The van der Waals surface area contributed by atoms with Crippen LogP contribution in [0.1, 0.15) is 24.2 Å². The van der Waals surface area contributed by atoms with E-state index in [0.717, 1.165) is 11.1 Å². The smallest absolute Gasteiger partial charge is 0.124 e. The van der Waals surface area contributed by atoms with Crippen LogP contribution in [0.4, 0.5) is 0 Å². The largest absolute Gasteiger partial charge is 0.496 e. The van der Waals surface area contributed by atoms with Gasteiger partial charge in [0.1, 0.15) is 5.75 Å². The van der Waals surface area contributed by atoms with Gasteiger partial charge in [-0.2, -0.15) is 0 Å². The number of ether oxygens (including phenoxy) is 1. The van der Waals surface area contributed by atoms with E-state index in [1.807, 2.05) is 32.0 Å². The van der Waals surface area contributed by atoms with Gasteiger partial charge in [0.25, 0.3) is 0 Å². The Balaban J connectivity index is 2.77. The molecule has 2 N–H and O–H groups in total. The molecule has 17 heavy (non-hydrogen) atoms. The lowest BCUT2D eigenvalue weighted by atomic mass is 10.0. The van der Waals surface area contributed by atoms with Crippen LogP contribution < -0.4 is 10.1 Å². The number of hydrogen-bond acceptors (Lipinski definition) is 3. The van der Waals surface area contributed by atoms with Gasteiger partial charge in [-0.25, -0.2) is 0 Å². The van der Waals surface area contributed by atoms with E-state index in [-0.39, 0.29) is 6.04 Å². The van der Waals surface area contributed by atoms with Crippen LogP contribution in [0.3, 0.4) is 0 Å². The zero-order valence-electron chi connectivity index (χ0n) is 10.5. The fourth-order valence-corrected chi connectivity index (χ4v) is 1.57. The van der Waals surface area contributed by atoms with E-state index in [9.17, 15) is 5.11 Å². The topological polar surface area (TPSA) is 41.5 Å². The lowest BCUT2D eigenvalue weighted by molar-refractivity contribution is 0.169. The van der Waals surface area contributed by atoms with Gasteiger partial charge in [-0.15, -0.1) is 6.42 Å². The van der Waals surface area contributed by atoms with Crippen LogP contribution >= 0.6 is 0 Å². The second-order valence-electron chi connectivity index (χ2n) is 4.06. The average Bonchev–Trinajstić information content (AvgIpc) is 2.35. The zero-order valence-corrected chi connectivity index (χ0v) is 10.5. The number of aliphatic hydroxyl groups excluding tert-OH is 1. The van der Waals surface area contributed by atoms with Crippen LogP contribution in [-0.2, 0) is 0 Å². The summed E-state index contributed by atoms with van der Waals surface area (Å²) in [6.07, 6.45) is 4.63. The number of aliphatic hydroxyl groups is 1. The van der Waals surface area contributed by atoms with Crippen molar-refractivity contribution in [1.82, 2.24) is 5.32 Å². The summed E-state index contributed by atoms with van der Waals surface area (Å²) in [7, 11) is 1.60. The minimum absolute atomic E-state index is 0.0551. The van der Waals surface area contributed by atoms with Crippen LogP contribution in [0.2, 0.25) is 0 Å². The third-order valence-corrected chi connectivity index (χ3v) is 2.61. The molecule has 3 nitrogen and oxygen atoms in total. The molecule has 0 heterocycles. The summed E-state index contributed by atoms with van der Waals surface area (Å²) < 4.78 is 5.23. The average molecular weight is 233 g/mol. The summed E-state index contributed by atoms with van der Waals surface area (Å²) in [4.78, 5) is 0. The molecule has 0 aliphatic carbocycles. The molecule has 0 bridgehead atoms. The molecule has 0 radical (unpaired) electrons. The number of rotatable bonds is 5. The molecule has 0 amide bonds. The van der Waals surface area contributed by atoms with Gasteiger partial charge in [0, 0.05) is 12.1 Å². The number of nitrogens with one attached hydrogen (secondary N) is 1. The van der Waals surface area contributed by atoms with E-state index in [1.165, 1.54) is 0 Å². The van der Waals surface area contributed by atoms with Gasteiger partial charge in [0.05, 0.1) is 19.3 Å². The Kier molecular flexibility index (Phi) is 5.02. The molecule has 92 valence electrons. The highest BCUT2D eigenvalue weighted by atomic mass is 16.5. The SMILES string of the molecule is C#CC(C)NCC(O)c1cc(C)ccc1OC. The number of terminal acetylenes is 1. The first-order valence-corrected chi connectivity index (χ1v) is 5.60. The summed E-state index contributed by atoms with van der Waals surface area (Å²) in [6.45, 7) is 4.26. The molecular formula is C14H19NO2. The number of benzene rings is 1. The number of methoxy groups -OCH3 is 1.